The zero-order chi connectivity index (χ0) is 26.2. The summed E-state index contributed by atoms with van der Waals surface area (Å²) >= 11 is 12.4. The molecular weight excluding hydrogens is 511 g/mol. The zero-order valence-electron chi connectivity index (χ0n) is 20.2. The first-order chi connectivity index (χ1) is 17.2. The van der Waals surface area contributed by atoms with Gasteiger partial charge in [-0.15, -0.1) is 0 Å². The summed E-state index contributed by atoms with van der Waals surface area (Å²) in [5.41, 5.74) is 6.63. The van der Waals surface area contributed by atoms with Crippen LogP contribution in [0.25, 0.3) is 11.2 Å². The number of nitrogens with zero attached hydrogens (tertiary/aromatic N) is 3. The molecular formula is C25H31Cl2F2N5O2. The summed E-state index contributed by atoms with van der Waals surface area (Å²) < 4.78 is 32.6. The highest BCUT2D eigenvalue weighted by molar-refractivity contribution is 6.36. The minimum Gasteiger partial charge on any atom is -0.471 e. The number of pyridine rings is 1. The summed E-state index contributed by atoms with van der Waals surface area (Å²) in [5.74, 6) is 0.577. The summed E-state index contributed by atoms with van der Waals surface area (Å²) in [6.07, 6.45) is 7.97. The molecule has 0 spiro atoms. The number of ether oxygens (including phenoxy) is 1. The van der Waals surface area contributed by atoms with Gasteiger partial charge in [0.2, 0.25) is 11.8 Å². The fourth-order valence-electron chi connectivity index (χ4n) is 4.35. The lowest BCUT2D eigenvalue weighted by Crippen LogP contribution is -2.13. The number of carbonyl (C=O) groups is 1. The maximum absolute atomic E-state index is 13.1. The van der Waals surface area contributed by atoms with Crippen molar-refractivity contribution in [2.75, 3.05) is 11.9 Å². The minimum atomic E-state index is -2.71. The Morgan fingerprint density at radius 3 is 2.69 bits per heavy atom. The van der Waals surface area contributed by atoms with Gasteiger partial charge in [-0.05, 0) is 24.5 Å². The van der Waals surface area contributed by atoms with Crippen molar-refractivity contribution in [1.82, 2.24) is 14.5 Å². The van der Waals surface area contributed by atoms with Gasteiger partial charge in [0, 0.05) is 19.7 Å². The highest BCUT2D eigenvalue weighted by atomic mass is 35.5. The highest BCUT2D eigenvalue weighted by Crippen LogP contribution is 2.31. The van der Waals surface area contributed by atoms with Crippen LogP contribution in [0.2, 0.25) is 0 Å². The second-order valence-corrected chi connectivity index (χ2v) is 9.58. The van der Waals surface area contributed by atoms with E-state index in [-0.39, 0.29) is 45.4 Å². The molecule has 0 saturated heterocycles. The summed E-state index contributed by atoms with van der Waals surface area (Å²) in [6.45, 7) is 2.75. The molecule has 2 aromatic heterocycles. The van der Waals surface area contributed by atoms with Crippen molar-refractivity contribution in [1.29, 1.82) is 0 Å². The van der Waals surface area contributed by atoms with Gasteiger partial charge in [0.15, 0.2) is 18.0 Å². The van der Waals surface area contributed by atoms with Gasteiger partial charge in [-0.1, -0.05) is 68.3 Å². The van der Waals surface area contributed by atoms with Gasteiger partial charge < -0.3 is 15.8 Å². The van der Waals surface area contributed by atoms with Crippen molar-refractivity contribution in [3.63, 3.8) is 0 Å². The summed E-state index contributed by atoms with van der Waals surface area (Å²) in [5, 5.41) is 3.33. The zero-order valence-corrected chi connectivity index (χ0v) is 21.7. The van der Waals surface area contributed by atoms with E-state index in [2.05, 4.69) is 21.9 Å². The van der Waals surface area contributed by atoms with Crippen LogP contribution in [-0.4, -0.2) is 33.4 Å². The molecule has 196 valence electrons. The van der Waals surface area contributed by atoms with E-state index >= 15 is 0 Å². The molecule has 1 saturated carbocycles. The van der Waals surface area contributed by atoms with E-state index in [0.717, 1.165) is 19.0 Å². The first kappa shape index (κ1) is 27.9. The molecule has 0 bridgehead atoms. The lowest BCUT2D eigenvalue weighted by atomic mass is 9.85. The number of imidazole rings is 1. The molecule has 11 heteroatoms. The summed E-state index contributed by atoms with van der Waals surface area (Å²) in [7, 11) is 1.66. The molecule has 7 nitrogen and oxygen atoms in total. The maximum Gasteiger partial charge on any atom is 0.272 e. The number of aryl methyl sites for hydroxylation is 1. The Morgan fingerprint density at radius 2 is 2.06 bits per heavy atom. The quantitative estimate of drug-likeness (QED) is 0.231. The van der Waals surface area contributed by atoms with Gasteiger partial charge in [-0.2, -0.15) is 4.98 Å². The average molecular weight is 542 g/mol. The third kappa shape index (κ3) is 6.97. The van der Waals surface area contributed by atoms with E-state index in [0.29, 0.717) is 17.1 Å². The van der Waals surface area contributed by atoms with Crippen molar-refractivity contribution in [3.8, 4) is 5.88 Å². The molecule has 0 unspecified atom stereocenters. The van der Waals surface area contributed by atoms with Gasteiger partial charge >= 0.3 is 0 Å². The summed E-state index contributed by atoms with van der Waals surface area (Å²) in [4.78, 5) is 22.0. The molecule has 2 heterocycles. The molecule has 0 radical (unpaired) electrons. The van der Waals surface area contributed by atoms with Crippen LogP contribution in [0.3, 0.4) is 0 Å². The van der Waals surface area contributed by atoms with Gasteiger partial charge in [-0.3, -0.25) is 9.36 Å². The van der Waals surface area contributed by atoms with Gasteiger partial charge in [0.1, 0.15) is 5.52 Å². The Labute approximate surface area is 219 Å². The average Bonchev–Trinajstić information content (AvgIpc) is 3.19. The maximum atomic E-state index is 13.1. The van der Waals surface area contributed by atoms with E-state index < -0.39 is 13.0 Å². The number of ketones is 1. The minimum absolute atomic E-state index is 0.134. The van der Waals surface area contributed by atoms with Crippen LogP contribution < -0.4 is 15.8 Å². The normalized spacial score (nSPS) is 15.8. The Morgan fingerprint density at radius 1 is 1.33 bits per heavy atom. The first-order valence-corrected chi connectivity index (χ1v) is 12.7. The van der Waals surface area contributed by atoms with E-state index in [9.17, 15) is 13.6 Å². The third-order valence-electron chi connectivity index (χ3n) is 6.24. The van der Waals surface area contributed by atoms with Gasteiger partial charge in [-0.25, -0.2) is 13.8 Å². The second-order valence-electron chi connectivity index (χ2n) is 8.77. The number of halogens is 4. The molecule has 36 heavy (non-hydrogen) atoms. The predicted octanol–water partition coefficient (Wildman–Crippen LogP) is 6.63. The van der Waals surface area contributed by atoms with Crippen molar-refractivity contribution in [3.05, 3.63) is 46.2 Å². The largest absolute Gasteiger partial charge is 0.471 e. The fourth-order valence-corrected chi connectivity index (χ4v) is 4.70. The fraction of sp³-hybridized carbons (Fsp3) is 0.480. The number of nitrogens with one attached hydrogen (secondary N) is 1. The van der Waals surface area contributed by atoms with E-state index in [1.54, 1.807) is 11.6 Å². The standard InChI is InChI=1S/C25H31Cl2F2N5O2/c1-3-17(26)22(18(27)13-30)32-25-31-19-12-16(20(35)11-7-10-15-8-5-4-6-9-15)24(36-14-21(28)29)33-23(19)34(25)2/h3,12-13,15,21H,1,4-11,14,30H2,2H3,(H,31,32)/b18-13+,22-17-. The van der Waals surface area contributed by atoms with Crippen LogP contribution >= 0.6 is 23.2 Å². The molecule has 3 N–H and O–H groups in total. The number of anilines is 1. The number of rotatable bonds is 12. The monoisotopic (exact) mass is 541 g/mol. The second kappa shape index (κ2) is 13.1. The number of hydrogen-bond donors (Lipinski definition) is 2. The summed E-state index contributed by atoms with van der Waals surface area (Å²) in [6, 6.07) is 1.52. The number of fused-ring (bicyclic) bond motifs is 1. The molecule has 0 amide bonds. The van der Waals surface area contributed by atoms with Gasteiger partial charge in [0.25, 0.3) is 6.43 Å². The van der Waals surface area contributed by atoms with Crippen molar-refractivity contribution >= 4 is 46.1 Å². The molecule has 0 aromatic carbocycles. The van der Waals surface area contributed by atoms with Gasteiger partial charge in [0.05, 0.1) is 21.3 Å². The third-order valence-corrected chi connectivity index (χ3v) is 6.90. The van der Waals surface area contributed by atoms with Crippen LogP contribution in [0, 0.1) is 5.92 Å². The first-order valence-electron chi connectivity index (χ1n) is 11.9. The SMILES string of the molecule is C=C/C(Cl)=C(Nc1nc2cc(C(=O)CCCC3CCCCC3)c(OCC(F)F)nc2n1C)\C(Cl)=C/N. The van der Waals surface area contributed by atoms with Crippen molar-refractivity contribution in [2.45, 2.75) is 57.8 Å². The van der Waals surface area contributed by atoms with Crippen LogP contribution in [0.1, 0.15) is 61.7 Å². The molecule has 1 fully saturated rings. The number of nitrogens with two attached hydrogens (primary N) is 1. The van der Waals surface area contributed by atoms with E-state index in [1.165, 1.54) is 44.2 Å². The van der Waals surface area contributed by atoms with Crippen LogP contribution in [0.5, 0.6) is 5.88 Å². The molecule has 0 aliphatic heterocycles. The molecule has 2 aromatic rings. The van der Waals surface area contributed by atoms with E-state index in [1.807, 2.05) is 0 Å². The molecule has 1 aliphatic carbocycles. The number of hydrogen-bond acceptors (Lipinski definition) is 6. The molecule has 0 atom stereocenters. The number of alkyl halides is 2. The molecule has 3 rings (SSSR count). The smallest absolute Gasteiger partial charge is 0.272 e. The Balaban J connectivity index is 1.90. The predicted molar refractivity (Wildman–Crippen MR) is 140 cm³/mol. The Bertz CT molecular complexity index is 1160. The lowest BCUT2D eigenvalue weighted by Gasteiger charge is -2.21. The number of allylic oxidation sites excluding steroid dienone is 3. The highest BCUT2D eigenvalue weighted by Gasteiger charge is 2.22. The van der Waals surface area contributed by atoms with Crippen molar-refractivity contribution < 1.29 is 18.3 Å². The number of Topliss-reactive ketones (excluding diaryl/α,β-unsaturated/α-hetero) is 1. The Hall–Kier alpha value is -2.65. The number of aromatic nitrogens is 3. The van der Waals surface area contributed by atoms with E-state index in [4.69, 9.17) is 33.7 Å². The van der Waals surface area contributed by atoms with Crippen LogP contribution in [-0.2, 0) is 7.05 Å². The number of carbonyl (C=O) groups excluding carboxylic acids is 1. The van der Waals surface area contributed by atoms with Crippen LogP contribution in [0.15, 0.2) is 40.7 Å². The molecule has 1 aliphatic rings. The topological polar surface area (TPSA) is 95.1 Å². The van der Waals surface area contributed by atoms with Crippen molar-refractivity contribution in [2.24, 2.45) is 18.7 Å². The lowest BCUT2D eigenvalue weighted by molar-refractivity contribution is 0.0777. The Kier molecular flexibility index (Phi) is 10.1. The van der Waals surface area contributed by atoms with Crippen LogP contribution in [0.4, 0.5) is 14.7 Å².